The molecule has 2 saturated heterocycles. The molecule has 188 valence electrons. The van der Waals surface area contributed by atoms with E-state index in [0.29, 0.717) is 11.1 Å². The summed E-state index contributed by atoms with van der Waals surface area (Å²) in [5, 5.41) is 4.82. The molecule has 35 heavy (non-hydrogen) atoms. The SMILES string of the molecule is CC(C)(C)OC(=O)N1CCC2(COc3c2ccc2c3CNC2=O)C(F)(F)C1C1CCC(=O)NC1=O. The number of piperidine rings is 2. The zero-order chi connectivity index (χ0) is 25.3. The molecule has 1 aromatic rings. The van der Waals surface area contributed by atoms with E-state index in [9.17, 15) is 19.2 Å². The molecule has 9 nitrogen and oxygen atoms in total. The van der Waals surface area contributed by atoms with Gasteiger partial charge in [0.1, 0.15) is 29.4 Å². The highest BCUT2D eigenvalue weighted by Gasteiger charge is 2.69. The van der Waals surface area contributed by atoms with E-state index in [0.717, 1.165) is 4.90 Å². The van der Waals surface area contributed by atoms with Crippen LogP contribution in [-0.2, 0) is 26.3 Å². The van der Waals surface area contributed by atoms with Gasteiger partial charge in [0.15, 0.2) is 0 Å². The van der Waals surface area contributed by atoms with Crippen LogP contribution in [0.5, 0.6) is 5.75 Å². The number of benzene rings is 1. The first-order valence-corrected chi connectivity index (χ1v) is 11.6. The normalized spacial score (nSPS) is 29.3. The summed E-state index contributed by atoms with van der Waals surface area (Å²) in [6, 6.07) is 1.16. The summed E-state index contributed by atoms with van der Waals surface area (Å²) >= 11 is 0. The standard InChI is InChI=1S/C24H27F2N3O6/c1-22(2,3)35-21(33)29-9-8-23(24(25,26)18(29)13-5-7-16(30)28-20(13)32)11-34-17-14-10-27-19(31)12(14)4-6-15(17)23/h4,6,13,18H,5,7-11H2,1-3H3,(H,27,31)(H,28,30,32). The second kappa shape index (κ2) is 7.63. The van der Waals surface area contributed by atoms with E-state index >= 15 is 8.78 Å². The molecular formula is C24H27F2N3O6. The van der Waals surface area contributed by atoms with E-state index in [1.807, 2.05) is 0 Å². The van der Waals surface area contributed by atoms with Crippen molar-refractivity contribution in [3.63, 3.8) is 0 Å². The lowest BCUT2D eigenvalue weighted by Crippen LogP contribution is -2.70. The summed E-state index contributed by atoms with van der Waals surface area (Å²) in [7, 11) is 0. The molecule has 0 aliphatic carbocycles. The summed E-state index contributed by atoms with van der Waals surface area (Å²) in [5.41, 5.74) is -1.56. The van der Waals surface area contributed by atoms with Gasteiger partial charge >= 0.3 is 6.09 Å². The molecule has 4 amide bonds. The fraction of sp³-hybridized carbons (Fsp3) is 0.583. The van der Waals surface area contributed by atoms with Crippen molar-refractivity contribution in [2.75, 3.05) is 13.2 Å². The van der Waals surface area contributed by atoms with Crippen LogP contribution in [0, 0.1) is 5.92 Å². The first kappa shape index (κ1) is 23.5. The Hall–Kier alpha value is -3.24. The molecule has 2 fully saturated rings. The van der Waals surface area contributed by atoms with Crippen LogP contribution in [0.1, 0.15) is 61.5 Å². The Balaban J connectivity index is 1.59. The molecule has 4 heterocycles. The van der Waals surface area contributed by atoms with Crippen molar-refractivity contribution < 1.29 is 37.4 Å². The first-order valence-electron chi connectivity index (χ1n) is 11.6. The largest absolute Gasteiger partial charge is 0.492 e. The van der Waals surface area contributed by atoms with Crippen molar-refractivity contribution >= 4 is 23.8 Å². The number of carbonyl (C=O) groups is 4. The van der Waals surface area contributed by atoms with Crippen LogP contribution in [-0.4, -0.2) is 59.4 Å². The third-order valence-corrected chi connectivity index (χ3v) is 7.33. The number of hydrogen-bond donors (Lipinski definition) is 2. The lowest BCUT2D eigenvalue weighted by Gasteiger charge is -2.52. The van der Waals surface area contributed by atoms with Gasteiger partial charge in [-0.1, -0.05) is 6.07 Å². The van der Waals surface area contributed by atoms with E-state index in [1.165, 1.54) is 12.1 Å². The minimum Gasteiger partial charge on any atom is -0.492 e. The minimum atomic E-state index is -3.61. The van der Waals surface area contributed by atoms with Crippen LogP contribution >= 0.6 is 0 Å². The third kappa shape index (κ3) is 3.46. The van der Waals surface area contributed by atoms with Crippen molar-refractivity contribution in [1.29, 1.82) is 0 Å². The predicted molar refractivity (Wildman–Crippen MR) is 117 cm³/mol. The van der Waals surface area contributed by atoms with Gasteiger partial charge in [0.25, 0.3) is 11.8 Å². The molecule has 4 aliphatic rings. The van der Waals surface area contributed by atoms with Gasteiger partial charge in [0.05, 0.1) is 5.92 Å². The number of halogens is 2. The van der Waals surface area contributed by atoms with Gasteiger partial charge in [0, 0.05) is 36.2 Å². The number of rotatable bonds is 1. The Labute approximate surface area is 200 Å². The van der Waals surface area contributed by atoms with Gasteiger partial charge in [-0.3, -0.25) is 24.6 Å². The summed E-state index contributed by atoms with van der Waals surface area (Å²) < 4.78 is 44.7. The highest BCUT2D eigenvalue weighted by molar-refractivity contribution is 6.00. The molecule has 0 radical (unpaired) electrons. The Kier molecular flexibility index (Phi) is 5.12. The molecule has 0 bridgehead atoms. The molecule has 3 unspecified atom stereocenters. The van der Waals surface area contributed by atoms with Gasteiger partial charge in [-0.15, -0.1) is 0 Å². The quantitative estimate of drug-likeness (QED) is 0.583. The Bertz CT molecular complexity index is 1150. The summed E-state index contributed by atoms with van der Waals surface area (Å²) in [6.07, 6.45) is -1.29. The van der Waals surface area contributed by atoms with Crippen LogP contribution < -0.4 is 15.4 Å². The summed E-state index contributed by atoms with van der Waals surface area (Å²) in [6.45, 7) is 4.63. The number of hydrogen-bond acceptors (Lipinski definition) is 6. The van der Waals surface area contributed by atoms with Crippen molar-refractivity contribution in [1.82, 2.24) is 15.5 Å². The smallest absolute Gasteiger partial charge is 0.410 e. The molecule has 0 saturated carbocycles. The van der Waals surface area contributed by atoms with Crippen LogP contribution in [0.3, 0.4) is 0 Å². The van der Waals surface area contributed by atoms with Crippen LogP contribution in [0.4, 0.5) is 13.6 Å². The van der Waals surface area contributed by atoms with Crippen molar-refractivity contribution in [3.8, 4) is 5.75 Å². The minimum absolute atomic E-state index is 0.0933. The molecule has 4 aliphatic heterocycles. The predicted octanol–water partition coefficient (Wildman–Crippen LogP) is 2.26. The monoisotopic (exact) mass is 491 g/mol. The van der Waals surface area contributed by atoms with E-state index in [4.69, 9.17) is 9.47 Å². The molecule has 1 spiro atoms. The fourth-order valence-corrected chi connectivity index (χ4v) is 5.68. The number of ether oxygens (including phenoxy) is 2. The number of likely N-dealkylation sites (tertiary alicyclic amines) is 1. The zero-order valence-electron chi connectivity index (χ0n) is 19.7. The Morgan fingerprint density at radius 3 is 2.66 bits per heavy atom. The maximum atomic E-state index is 16.8. The van der Waals surface area contributed by atoms with Crippen molar-refractivity contribution in [2.24, 2.45) is 5.92 Å². The third-order valence-electron chi connectivity index (χ3n) is 7.33. The number of amides is 4. The van der Waals surface area contributed by atoms with Crippen molar-refractivity contribution in [3.05, 3.63) is 28.8 Å². The van der Waals surface area contributed by atoms with Crippen LogP contribution in [0.25, 0.3) is 0 Å². The highest BCUT2D eigenvalue weighted by Crippen LogP contribution is 2.58. The number of fused-ring (bicyclic) bond motifs is 4. The average molecular weight is 491 g/mol. The second-order valence-corrected chi connectivity index (χ2v) is 10.6. The van der Waals surface area contributed by atoms with Crippen molar-refractivity contribution in [2.45, 2.75) is 69.6 Å². The zero-order valence-corrected chi connectivity index (χ0v) is 19.7. The fourth-order valence-electron chi connectivity index (χ4n) is 5.68. The number of nitrogens with zero attached hydrogens (tertiary/aromatic N) is 1. The number of imide groups is 1. The van der Waals surface area contributed by atoms with E-state index < -0.39 is 46.8 Å². The molecule has 0 aromatic heterocycles. The summed E-state index contributed by atoms with van der Waals surface area (Å²) in [5.74, 6) is -6.33. The van der Waals surface area contributed by atoms with E-state index in [1.54, 1.807) is 20.8 Å². The molecule has 5 rings (SSSR count). The second-order valence-electron chi connectivity index (χ2n) is 10.6. The first-order chi connectivity index (χ1) is 16.4. The molecule has 3 atom stereocenters. The summed E-state index contributed by atoms with van der Waals surface area (Å²) in [4.78, 5) is 50.6. The van der Waals surface area contributed by atoms with Gasteiger partial charge < -0.3 is 14.8 Å². The molecule has 2 N–H and O–H groups in total. The van der Waals surface area contributed by atoms with Crippen LogP contribution in [0.2, 0.25) is 0 Å². The average Bonchev–Trinajstić information content (AvgIpc) is 3.31. The van der Waals surface area contributed by atoms with Crippen LogP contribution in [0.15, 0.2) is 12.1 Å². The Morgan fingerprint density at radius 1 is 1.23 bits per heavy atom. The van der Waals surface area contributed by atoms with Gasteiger partial charge in [0.2, 0.25) is 11.8 Å². The molecule has 1 aromatic carbocycles. The Morgan fingerprint density at radius 2 is 1.97 bits per heavy atom. The maximum Gasteiger partial charge on any atom is 0.410 e. The van der Waals surface area contributed by atoms with Gasteiger partial charge in [-0.25, -0.2) is 13.6 Å². The lowest BCUT2D eigenvalue weighted by molar-refractivity contribution is -0.188. The maximum absolute atomic E-state index is 16.8. The topological polar surface area (TPSA) is 114 Å². The number of carbonyl (C=O) groups excluding carboxylic acids is 4. The number of alkyl halides is 2. The number of nitrogens with one attached hydrogen (secondary N) is 2. The van der Waals surface area contributed by atoms with Gasteiger partial charge in [-0.05, 0) is 39.7 Å². The lowest BCUT2D eigenvalue weighted by atomic mass is 9.65. The highest BCUT2D eigenvalue weighted by atomic mass is 19.3. The molecular weight excluding hydrogens is 464 g/mol. The van der Waals surface area contributed by atoms with Gasteiger partial charge in [-0.2, -0.15) is 0 Å². The van der Waals surface area contributed by atoms with E-state index in [-0.39, 0.29) is 56.2 Å². The molecule has 11 heteroatoms. The van der Waals surface area contributed by atoms with E-state index in [2.05, 4.69) is 10.6 Å².